The van der Waals surface area contributed by atoms with Gasteiger partial charge in [-0.1, -0.05) is 123 Å². The zero-order valence-corrected chi connectivity index (χ0v) is 26.4. The Bertz CT molecular complexity index is 2290. The van der Waals surface area contributed by atoms with E-state index in [0.717, 1.165) is 17.1 Å². The van der Waals surface area contributed by atoms with E-state index in [2.05, 4.69) is 177 Å². The lowest BCUT2D eigenvalue weighted by Crippen LogP contribution is -2.03. The monoisotopic (exact) mass is 603 g/mol. The van der Waals surface area contributed by atoms with Crippen molar-refractivity contribution in [2.75, 3.05) is 0 Å². The highest BCUT2D eigenvalue weighted by Crippen LogP contribution is 2.38. The van der Waals surface area contributed by atoms with Crippen molar-refractivity contribution in [1.82, 2.24) is 13.7 Å². The van der Waals surface area contributed by atoms with Crippen LogP contribution < -0.4 is 0 Å². The molecule has 224 valence electrons. The molecule has 10 rings (SSSR count). The third kappa shape index (κ3) is 4.00. The Morgan fingerprint density at radius 3 is 0.617 bits per heavy atom. The molecular formula is C44H33N3. The zero-order chi connectivity index (χ0) is 31.5. The van der Waals surface area contributed by atoms with Gasteiger partial charge in [0.1, 0.15) is 0 Å². The third-order valence-electron chi connectivity index (χ3n) is 9.40. The largest absolute Gasteiger partial charge is 0.309 e. The maximum Gasteiger partial charge on any atom is 0.0541 e. The summed E-state index contributed by atoms with van der Waals surface area (Å²) in [5.41, 5.74) is 10.6. The standard InChI is InChI=1S/C42H27N3.C2H6/c1-7-19-37-31(13-1)32-14-2-8-20-38(32)43(37)28-25-29(44-39-21-9-3-15-33(39)34-16-4-10-22-40(34)44)27-30(26-28)45-41-23-11-5-17-35(41)36-18-6-12-24-42(36)45;1-2/h1-27H;1-2H3. The number of nitrogens with zero attached hydrogens (tertiary/aromatic N) is 3. The Labute approximate surface area is 273 Å². The molecule has 47 heavy (non-hydrogen) atoms. The molecule has 0 unspecified atom stereocenters. The highest BCUT2D eigenvalue weighted by Gasteiger charge is 2.19. The Kier molecular flexibility index (Phi) is 6.26. The van der Waals surface area contributed by atoms with Crippen LogP contribution in [0.5, 0.6) is 0 Å². The summed E-state index contributed by atoms with van der Waals surface area (Å²) in [6.07, 6.45) is 0. The minimum Gasteiger partial charge on any atom is -0.309 e. The predicted octanol–water partition coefficient (Wildman–Crippen LogP) is 12.0. The molecule has 0 radical (unpaired) electrons. The van der Waals surface area contributed by atoms with Gasteiger partial charge in [0.25, 0.3) is 0 Å². The number of hydrogen-bond acceptors (Lipinski definition) is 0. The van der Waals surface area contributed by atoms with E-state index in [1.165, 1.54) is 65.4 Å². The molecule has 3 aromatic heterocycles. The van der Waals surface area contributed by atoms with E-state index >= 15 is 0 Å². The third-order valence-corrected chi connectivity index (χ3v) is 9.40. The van der Waals surface area contributed by atoms with Crippen molar-refractivity contribution in [3.8, 4) is 17.1 Å². The average molecular weight is 604 g/mol. The first kappa shape index (κ1) is 27.3. The van der Waals surface area contributed by atoms with Crippen LogP contribution in [0.15, 0.2) is 164 Å². The van der Waals surface area contributed by atoms with E-state index < -0.39 is 0 Å². The molecule has 3 nitrogen and oxygen atoms in total. The second-order valence-electron chi connectivity index (χ2n) is 11.8. The zero-order valence-electron chi connectivity index (χ0n) is 26.4. The second kappa shape index (κ2) is 10.8. The van der Waals surface area contributed by atoms with Gasteiger partial charge in [-0.2, -0.15) is 0 Å². The summed E-state index contributed by atoms with van der Waals surface area (Å²) in [7, 11) is 0. The molecule has 0 aliphatic carbocycles. The van der Waals surface area contributed by atoms with Crippen LogP contribution in [-0.4, -0.2) is 13.7 Å². The normalized spacial score (nSPS) is 11.6. The van der Waals surface area contributed by atoms with Gasteiger partial charge in [-0.05, 0) is 54.6 Å². The van der Waals surface area contributed by atoms with Crippen molar-refractivity contribution in [3.05, 3.63) is 164 Å². The molecule has 0 atom stereocenters. The molecule has 0 fully saturated rings. The number of benzene rings is 7. The van der Waals surface area contributed by atoms with Crippen molar-refractivity contribution >= 4 is 65.4 Å². The summed E-state index contributed by atoms with van der Waals surface area (Å²) in [6, 6.07) is 59.6. The topological polar surface area (TPSA) is 14.8 Å². The van der Waals surface area contributed by atoms with Crippen LogP contribution >= 0.6 is 0 Å². The lowest BCUT2D eigenvalue weighted by atomic mass is 10.2. The molecule has 0 bridgehead atoms. The van der Waals surface area contributed by atoms with Crippen LogP contribution in [-0.2, 0) is 0 Å². The molecule has 0 aliphatic rings. The highest BCUT2D eigenvalue weighted by atomic mass is 15.0. The Morgan fingerprint density at radius 2 is 0.426 bits per heavy atom. The first-order chi connectivity index (χ1) is 23.3. The summed E-state index contributed by atoms with van der Waals surface area (Å²) in [5.74, 6) is 0. The number of rotatable bonds is 3. The predicted molar refractivity (Wildman–Crippen MR) is 201 cm³/mol. The van der Waals surface area contributed by atoms with Gasteiger partial charge in [-0.15, -0.1) is 0 Å². The summed E-state index contributed by atoms with van der Waals surface area (Å²) in [6.45, 7) is 4.00. The van der Waals surface area contributed by atoms with Crippen LogP contribution in [0.2, 0.25) is 0 Å². The Morgan fingerprint density at radius 1 is 0.255 bits per heavy atom. The summed E-state index contributed by atoms with van der Waals surface area (Å²) in [5, 5.41) is 7.55. The van der Waals surface area contributed by atoms with Crippen molar-refractivity contribution in [1.29, 1.82) is 0 Å². The fourth-order valence-corrected chi connectivity index (χ4v) is 7.57. The van der Waals surface area contributed by atoms with Gasteiger partial charge in [-0.3, -0.25) is 0 Å². The van der Waals surface area contributed by atoms with Crippen LogP contribution in [0.3, 0.4) is 0 Å². The first-order valence-corrected chi connectivity index (χ1v) is 16.5. The summed E-state index contributed by atoms with van der Waals surface area (Å²) < 4.78 is 7.29. The first-order valence-electron chi connectivity index (χ1n) is 16.5. The van der Waals surface area contributed by atoms with E-state index in [1.54, 1.807) is 0 Å². The molecule has 3 heteroatoms. The maximum atomic E-state index is 2.43. The van der Waals surface area contributed by atoms with Gasteiger partial charge in [0.05, 0.1) is 50.2 Å². The number of para-hydroxylation sites is 6. The molecule has 0 aliphatic heterocycles. The fourth-order valence-electron chi connectivity index (χ4n) is 7.57. The minimum atomic E-state index is 1.13. The molecular weight excluding hydrogens is 571 g/mol. The fraction of sp³-hybridized carbons (Fsp3) is 0.0455. The molecule has 0 saturated heterocycles. The number of hydrogen-bond donors (Lipinski definition) is 0. The highest BCUT2D eigenvalue weighted by molar-refractivity contribution is 6.12. The molecule has 0 spiro atoms. The van der Waals surface area contributed by atoms with Crippen LogP contribution in [0.25, 0.3) is 82.5 Å². The molecule has 7 aromatic carbocycles. The van der Waals surface area contributed by atoms with E-state index in [0.29, 0.717) is 0 Å². The molecule has 0 N–H and O–H groups in total. The molecule has 10 aromatic rings. The summed E-state index contributed by atoms with van der Waals surface area (Å²) >= 11 is 0. The minimum absolute atomic E-state index is 1.13. The summed E-state index contributed by atoms with van der Waals surface area (Å²) in [4.78, 5) is 0. The smallest absolute Gasteiger partial charge is 0.0541 e. The van der Waals surface area contributed by atoms with Crippen LogP contribution in [0.4, 0.5) is 0 Å². The van der Waals surface area contributed by atoms with E-state index in [1.807, 2.05) is 13.8 Å². The lowest BCUT2D eigenvalue weighted by molar-refractivity contribution is 1.10. The molecule has 3 heterocycles. The second-order valence-corrected chi connectivity index (χ2v) is 11.8. The van der Waals surface area contributed by atoms with Crippen LogP contribution in [0.1, 0.15) is 13.8 Å². The van der Waals surface area contributed by atoms with Gasteiger partial charge >= 0.3 is 0 Å². The van der Waals surface area contributed by atoms with Gasteiger partial charge < -0.3 is 13.7 Å². The van der Waals surface area contributed by atoms with Crippen molar-refractivity contribution < 1.29 is 0 Å². The van der Waals surface area contributed by atoms with Crippen molar-refractivity contribution in [2.45, 2.75) is 13.8 Å². The Balaban J connectivity index is 0.00000149. The van der Waals surface area contributed by atoms with Gasteiger partial charge in [0.15, 0.2) is 0 Å². The maximum absolute atomic E-state index is 2.43. The Hall–Kier alpha value is -6.06. The van der Waals surface area contributed by atoms with Gasteiger partial charge in [-0.25, -0.2) is 0 Å². The average Bonchev–Trinajstić information content (AvgIpc) is 3.78. The van der Waals surface area contributed by atoms with E-state index in [-0.39, 0.29) is 0 Å². The number of fused-ring (bicyclic) bond motifs is 9. The van der Waals surface area contributed by atoms with Gasteiger partial charge in [0, 0.05) is 32.3 Å². The van der Waals surface area contributed by atoms with E-state index in [9.17, 15) is 0 Å². The van der Waals surface area contributed by atoms with Crippen molar-refractivity contribution in [3.63, 3.8) is 0 Å². The molecule has 0 saturated carbocycles. The van der Waals surface area contributed by atoms with E-state index in [4.69, 9.17) is 0 Å². The molecule has 0 amide bonds. The SMILES string of the molecule is CC.c1ccc2c(c1)c1ccccc1n2-c1cc(-n2c3ccccc3c3ccccc32)cc(-n2c3ccccc3c3ccccc32)c1. The number of aromatic nitrogens is 3. The van der Waals surface area contributed by atoms with Crippen LogP contribution in [0, 0.1) is 0 Å². The van der Waals surface area contributed by atoms with Gasteiger partial charge in [0.2, 0.25) is 0 Å². The quantitative estimate of drug-likeness (QED) is 0.191. The van der Waals surface area contributed by atoms with Crippen molar-refractivity contribution in [2.24, 2.45) is 0 Å². The lowest BCUT2D eigenvalue weighted by Gasteiger charge is -2.17.